The molecule has 0 bridgehead atoms. The van der Waals surface area contributed by atoms with E-state index < -0.39 is 0 Å². The van der Waals surface area contributed by atoms with Crippen LogP contribution in [0, 0.1) is 34.5 Å². The normalized spacial score (nSPS) is 108. The molecule has 0 amide bonds. The minimum absolute atomic E-state index is 1.06. The van der Waals surface area contributed by atoms with E-state index in [0.29, 0.717) is 0 Å². The topological polar surface area (TPSA) is 0 Å². The summed E-state index contributed by atoms with van der Waals surface area (Å²) in [5, 5.41) is 0. The van der Waals surface area contributed by atoms with Crippen LogP contribution in [0.15, 0.2) is 0 Å². The molecule has 0 heteroatoms. The zero-order valence-electron chi connectivity index (χ0n) is 4.72. The Labute approximate surface area is 48.3 Å². The van der Waals surface area contributed by atoms with E-state index >= 15 is 0 Å². The molecule has 0 aromatic rings. The fraction of sp³-hybridized carbons (Fsp3) is 1.00. The molecule has 0 radical (unpaired) electrons. The lowest BCUT2D eigenvalue weighted by Gasteiger charge is -2.28. The Morgan fingerprint density at radius 1 is 0.750 bits per heavy atom. The highest BCUT2D eigenvalue weighted by Gasteiger charge is 3.08. The number of rotatable bonds is 0. The fourth-order valence-corrected chi connectivity index (χ4v) is 5.41. The van der Waals surface area contributed by atoms with Gasteiger partial charge in [-0.3, -0.25) is 0 Å². The molecule has 2 spiro atoms. The molecule has 0 N–H and O–H groups in total. The zero-order chi connectivity index (χ0) is 4.72. The summed E-state index contributed by atoms with van der Waals surface area (Å²) in [7, 11) is 0. The van der Waals surface area contributed by atoms with Gasteiger partial charge in [0.25, 0.3) is 0 Å². The number of hydrogen-bond donors (Lipinski definition) is 0. The first-order chi connectivity index (χ1) is 3.90. The van der Waals surface area contributed by atoms with Gasteiger partial charge in [-0.25, -0.2) is 0 Å². The summed E-state index contributed by atoms with van der Waals surface area (Å²) in [6.07, 6.45) is 3.40. The van der Waals surface area contributed by atoms with E-state index in [-0.39, 0.29) is 0 Å². The van der Waals surface area contributed by atoms with Gasteiger partial charge in [0.15, 0.2) is 0 Å². The van der Waals surface area contributed by atoms with Gasteiger partial charge in [-0.05, 0) is 47.3 Å². The minimum atomic E-state index is 1.06. The summed E-state index contributed by atoms with van der Waals surface area (Å²) in [6, 6.07) is 0. The first kappa shape index (κ1) is 2.72. The third kappa shape index (κ3) is 0.0651. The lowest BCUT2D eigenvalue weighted by Crippen LogP contribution is -2.19. The van der Waals surface area contributed by atoms with Crippen molar-refractivity contribution >= 4 is 0 Å². The SMILES string of the molecule is C1C23CC14C1C2C3C14. The third-order valence-electron chi connectivity index (χ3n) is 5.30. The van der Waals surface area contributed by atoms with E-state index in [1.165, 1.54) is 23.7 Å². The quantitative estimate of drug-likeness (QED) is 0.434. The molecular weight excluding hydrogens is 96.1 g/mol. The smallest absolute Gasteiger partial charge is 0.0218 e. The molecule has 0 unspecified atom stereocenters. The van der Waals surface area contributed by atoms with Crippen LogP contribution in [0.25, 0.3) is 0 Å². The Bertz CT molecular complexity index is 182. The second-order valence-corrected chi connectivity index (χ2v) is 4.92. The lowest BCUT2D eigenvalue weighted by molar-refractivity contribution is 0.214. The van der Waals surface area contributed by atoms with Crippen molar-refractivity contribution in [2.45, 2.75) is 12.8 Å². The lowest BCUT2D eigenvalue weighted by atomic mass is 9.76. The van der Waals surface area contributed by atoms with Crippen molar-refractivity contribution in [1.82, 2.24) is 0 Å². The van der Waals surface area contributed by atoms with E-state index in [1.807, 2.05) is 0 Å². The Hall–Kier alpha value is 0. The molecule has 8 heavy (non-hydrogen) atoms. The van der Waals surface area contributed by atoms with Crippen molar-refractivity contribution in [2.75, 3.05) is 0 Å². The van der Waals surface area contributed by atoms with Gasteiger partial charge in [0, 0.05) is 0 Å². The van der Waals surface area contributed by atoms with Gasteiger partial charge < -0.3 is 0 Å². The van der Waals surface area contributed by atoms with Crippen molar-refractivity contribution in [3.8, 4) is 0 Å². The standard InChI is InChI=1S/C8H8/c1-7-2-8(1)5-3(7)4(7)6(5)8/h3-6H,1-2H2. The van der Waals surface area contributed by atoms with Crippen LogP contribution in [0.3, 0.4) is 0 Å². The molecule has 4 rings (SSSR count). The van der Waals surface area contributed by atoms with Crippen LogP contribution < -0.4 is 0 Å². The molecule has 4 saturated carbocycles. The molecule has 0 saturated heterocycles. The molecular formula is C8H8. The Balaban J connectivity index is 2.22. The average molecular weight is 104 g/mol. The summed E-state index contributed by atoms with van der Waals surface area (Å²) in [5.74, 6) is 5.31. The van der Waals surface area contributed by atoms with Crippen LogP contribution in [-0.4, -0.2) is 0 Å². The van der Waals surface area contributed by atoms with Crippen LogP contribution in [0.1, 0.15) is 12.8 Å². The first-order valence-corrected chi connectivity index (χ1v) is 3.90. The Morgan fingerprint density at radius 3 is 1.25 bits per heavy atom. The predicted molar refractivity (Wildman–Crippen MR) is 28.1 cm³/mol. The Morgan fingerprint density at radius 2 is 1.12 bits per heavy atom. The molecule has 4 aliphatic carbocycles. The summed E-state index contributed by atoms with van der Waals surface area (Å²) < 4.78 is 0. The van der Waals surface area contributed by atoms with Gasteiger partial charge in [-0.2, -0.15) is 0 Å². The van der Waals surface area contributed by atoms with Gasteiger partial charge in [-0.1, -0.05) is 0 Å². The van der Waals surface area contributed by atoms with Gasteiger partial charge in [-0.15, -0.1) is 0 Å². The fourth-order valence-electron chi connectivity index (χ4n) is 5.41. The number of hydrogen-bond acceptors (Lipinski definition) is 0. The molecule has 4 fully saturated rings. The highest BCUT2D eigenvalue weighted by Crippen LogP contribution is 3.13. The van der Waals surface area contributed by atoms with Gasteiger partial charge in [0.1, 0.15) is 0 Å². The largest absolute Gasteiger partial charge is 0.0407 e. The molecule has 0 heterocycles. The zero-order valence-corrected chi connectivity index (χ0v) is 4.72. The second kappa shape index (κ2) is 0.373. The van der Waals surface area contributed by atoms with Crippen molar-refractivity contribution in [1.29, 1.82) is 0 Å². The van der Waals surface area contributed by atoms with Gasteiger partial charge in [0.05, 0.1) is 0 Å². The van der Waals surface area contributed by atoms with Gasteiger partial charge >= 0.3 is 0 Å². The van der Waals surface area contributed by atoms with Gasteiger partial charge in [0.2, 0.25) is 0 Å². The number of fused-ring (bicyclic) bond motifs is 8. The minimum Gasteiger partial charge on any atom is -0.0407 e. The first-order valence-electron chi connectivity index (χ1n) is 3.90. The van der Waals surface area contributed by atoms with Crippen LogP contribution in [-0.2, 0) is 0 Å². The molecule has 0 aliphatic heterocycles. The summed E-state index contributed by atoms with van der Waals surface area (Å²) in [6.45, 7) is 0. The summed E-state index contributed by atoms with van der Waals surface area (Å²) >= 11 is 0. The summed E-state index contributed by atoms with van der Waals surface area (Å²) in [5.41, 5.74) is 2.13. The van der Waals surface area contributed by atoms with Crippen LogP contribution in [0.5, 0.6) is 0 Å². The summed E-state index contributed by atoms with van der Waals surface area (Å²) in [4.78, 5) is 0. The highest BCUT2D eigenvalue weighted by molar-refractivity contribution is 5.55. The Kier molecular flexibility index (Phi) is 0.127. The van der Waals surface area contributed by atoms with Crippen LogP contribution in [0.2, 0.25) is 0 Å². The monoisotopic (exact) mass is 104 g/mol. The average Bonchev–Trinajstić information content (AvgIpc) is 2.01. The maximum atomic E-state index is 1.70. The molecule has 40 valence electrons. The van der Waals surface area contributed by atoms with Crippen LogP contribution >= 0.6 is 0 Å². The second-order valence-electron chi connectivity index (χ2n) is 4.92. The molecule has 0 nitrogen and oxygen atoms in total. The molecule has 4 aliphatic rings. The molecule has 0 atom stereocenters. The van der Waals surface area contributed by atoms with Crippen molar-refractivity contribution < 1.29 is 0 Å². The van der Waals surface area contributed by atoms with Crippen molar-refractivity contribution in [2.24, 2.45) is 34.5 Å². The maximum absolute atomic E-state index is 1.70. The van der Waals surface area contributed by atoms with E-state index in [9.17, 15) is 0 Å². The van der Waals surface area contributed by atoms with E-state index in [2.05, 4.69) is 0 Å². The molecule has 0 aromatic carbocycles. The highest BCUT2D eigenvalue weighted by atomic mass is 15.1. The van der Waals surface area contributed by atoms with Crippen LogP contribution in [0.4, 0.5) is 0 Å². The van der Waals surface area contributed by atoms with E-state index in [1.54, 1.807) is 12.8 Å². The molecule has 0 aromatic heterocycles. The van der Waals surface area contributed by atoms with E-state index in [0.717, 1.165) is 10.8 Å². The maximum Gasteiger partial charge on any atom is -0.0218 e. The van der Waals surface area contributed by atoms with Crippen molar-refractivity contribution in [3.05, 3.63) is 0 Å². The van der Waals surface area contributed by atoms with Crippen molar-refractivity contribution in [3.63, 3.8) is 0 Å². The predicted octanol–water partition coefficient (Wildman–Crippen LogP) is 1.27. The third-order valence-corrected chi connectivity index (χ3v) is 5.30. The van der Waals surface area contributed by atoms with E-state index in [4.69, 9.17) is 0 Å².